The van der Waals surface area contributed by atoms with Gasteiger partial charge in [-0.25, -0.2) is 0 Å². The zero-order valence-electron chi connectivity index (χ0n) is 10.9. The minimum absolute atomic E-state index is 0.0179. The Bertz CT molecular complexity index is 537. The van der Waals surface area contributed by atoms with Crippen LogP contribution in [0.15, 0.2) is 54.6 Å². The molecule has 4 heteroatoms. The fourth-order valence-corrected chi connectivity index (χ4v) is 1.71. The summed E-state index contributed by atoms with van der Waals surface area (Å²) in [5.74, 6) is 2.24. The third-order valence-corrected chi connectivity index (χ3v) is 2.90. The van der Waals surface area contributed by atoms with E-state index >= 15 is 0 Å². The van der Waals surface area contributed by atoms with Crippen LogP contribution in [-0.4, -0.2) is 18.3 Å². The molecule has 2 rings (SSSR count). The van der Waals surface area contributed by atoms with Crippen molar-refractivity contribution in [2.45, 2.75) is 6.42 Å². The molecule has 0 aliphatic rings. The Morgan fingerprint density at radius 2 is 1.50 bits per heavy atom. The molecular weight excluding hydrogens is 276 g/mol. The van der Waals surface area contributed by atoms with Crippen LogP contribution in [-0.2, 0) is 4.79 Å². The van der Waals surface area contributed by atoms with Crippen molar-refractivity contribution in [3.05, 3.63) is 54.6 Å². The Kier molecular flexibility index (Phi) is 5.44. The molecule has 0 saturated carbocycles. The molecule has 3 nitrogen and oxygen atoms in total. The number of hydrogen-bond donors (Lipinski definition) is 0. The summed E-state index contributed by atoms with van der Waals surface area (Å²) in [4.78, 5) is 11.0. The van der Waals surface area contributed by atoms with Crippen molar-refractivity contribution in [1.29, 1.82) is 0 Å². The highest BCUT2D eigenvalue weighted by Crippen LogP contribution is 2.23. The van der Waals surface area contributed by atoms with Crippen LogP contribution in [0.1, 0.15) is 6.42 Å². The number of alkyl halides is 1. The van der Waals surface area contributed by atoms with Gasteiger partial charge in [0.15, 0.2) is 5.78 Å². The van der Waals surface area contributed by atoms with Crippen LogP contribution in [0.5, 0.6) is 17.2 Å². The molecular formula is C16H15ClO3. The largest absolute Gasteiger partial charge is 0.493 e. The van der Waals surface area contributed by atoms with E-state index in [9.17, 15) is 4.79 Å². The summed E-state index contributed by atoms with van der Waals surface area (Å²) in [6.07, 6.45) is 0.325. The molecule has 2 aromatic carbocycles. The number of para-hydroxylation sites is 1. The molecule has 0 amide bonds. The first kappa shape index (κ1) is 14.4. The van der Waals surface area contributed by atoms with Crippen LogP contribution in [0.2, 0.25) is 0 Å². The van der Waals surface area contributed by atoms with Gasteiger partial charge in [0.25, 0.3) is 0 Å². The maximum Gasteiger partial charge on any atom is 0.150 e. The number of ether oxygens (including phenoxy) is 2. The van der Waals surface area contributed by atoms with E-state index in [2.05, 4.69) is 0 Å². The van der Waals surface area contributed by atoms with Crippen LogP contribution in [0, 0.1) is 0 Å². The van der Waals surface area contributed by atoms with E-state index in [1.807, 2.05) is 54.6 Å². The second kappa shape index (κ2) is 7.56. The van der Waals surface area contributed by atoms with Gasteiger partial charge in [0.2, 0.25) is 0 Å². The summed E-state index contributed by atoms with van der Waals surface area (Å²) in [5.41, 5.74) is 0. The number of ketones is 1. The van der Waals surface area contributed by atoms with Gasteiger partial charge in [-0.2, -0.15) is 0 Å². The minimum Gasteiger partial charge on any atom is -0.493 e. The van der Waals surface area contributed by atoms with Crippen molar-refractivity contribution in [3.8, 4) is 17.2 Å². The smallest absolute Gasteiger partial charge is 0.150 e. The SMILES string of the molecule is O=C(CCl)CCOc1ccc(Oc2ccccc2)cc1. The maximum atomic E-state index is 11.0. The van der Waals surface area contributed by atoms with Crippen molar-refractivity contribution in [2.24, 2.45) is 0 Å². The number of Topliss-reactive ketones (excluding diaryl/α,β-unsaturated/α-hetero) is 1. The van der Waals surface area contributed by atoms with Gasteiger partial charge in [-0.1, -0.05) is 18.2 Å². The number of halogens is 1. The lowest BCUT2D eigenvalue weighted by atomic mass is 10.3. The summed E-state index contributed by atoms with van der Waals surface area (Å²) in [6, 6.07) is 16.8. The average molecular weight is 291 g/mol. The van der Waals surface area contributed by atoms with Gasteiger partial charge < -0.3 is 9.47 Å². The summed E-state index contributed by atoms with van der Waals surface area (Å²) in [5, 5.41) is 0. The Labute approximate surface area is 123 Å². The highest BCUT2D eigenvalue weighted by molar-refractivity contribution is 6.27. The number of carbonyl (C=O) groups is 1. The van der Waals surface area contributed by atoms with Crippen molar-refractivity contribution >= 4 is 17.4 Å². The standard InChI is InChI=1S/C16H15ClO3/c17-12-13(18)10-11-19-14-6-8-16(9-7-14)20-15-4-2-1-3-5-15/h1-9H,10-12H2. The molecule has 0 heterocycles. The van der Waals surface area contributed by atoms with Gasteiger partial charge in [0, 0.05) is 6.42 Å². The maximum absolute atomic E-state index is 11.0. The average Bonchev–Trinajstić information content (AvgIpc) is 2.50. The van der Waals surface area contributed by atoms with Crippen LogP contribution < -0.4 is 9.47 Å². The minimum atomic E-state index is -0.0179. The van der Waals surface area contributed by atoms with E-state index in [0.717, 1.165) is 11.5 Å². The first-order valence-corrected chi connectivity index (χ1v) is 6.85. The monoisotopic (exact) mass is 290 g/mol. The van der Waals surface area contributed by atoms with Gasteiger partial charge in [-0.05, 0) is 36.4 Å². The Hall–Kier alpha value is -2.00. The van der Waals surface area contributed by atoms with E-state index in [1.54, 1.807) is 0 Å². The lowest BCUT2D eigenvalue weighted by Crippen LogP contribution is -2.06. The lowest BCUT2D eigenvalue weighted by Gasteiger charge is -2.08. The summed E-state index contributed by atoms with van der Waals surface area (Å²) < 4.78 is 11.1. The topological polar surface area (TPSA) is 35.5 Å². The van der Waals surface area contributed by atoms with Gasteiger partial charge in [-0.3, -0.25) is 4.79 Å². The molecule has 0 radical (unpaired) electrons. The molecule has 104 valence electrons. The summed E-state index contributed by atoms with van der Waals surface area (Å²) in [7, 11) is 0. The Balaban J connectivity index is 1.85. The predicted octanol–water partition coefficient (Wildman–Crippen LogP) is 4.06. The second-order valence-electron chi connectivity index (χ2n) is 4.16. The van der Waals surface area contributed by atoms with Gasteiger partial charge >= 0.3 is 0 Å². The fraction of sp³-hybridized carbons (Fsp3) is 0.188. The first-order chi connectivity index (χ1) is 9.78. The lowest BCUT2D eigenvalue weighted by molar-refractivity contribution is -0.117. The molecule has 0 fully saturated rings. The third kappa shape index (κ3) is 4.59. The highest BCUT2D eigenvalue weighted by Gasteiger charge is 2.01. The number of hydrogen-bond acceptors (Lipinski definition) is 3. The molecule has 20 heavy (non-hydrogen) atoms. The van der Waals surface area contributed by atoms with Crippen LogP contribution in [0.4, 0.5) is 0 Å². The van der Waals surface area contributed by atoms with Gasteiger partial charge in [-0.15, -0.1) is 11.6 Å². The normalized spacial score (nSPS) is 10.1. The van der Waals surface area contributed by atoms with E-state index in [4.69, 9.17) is 21.1 Å². The predicted molar refractivity (Wildman–Crippen MR) is 78.8 cm³/mol. The van der Waals surface area contributed by atoms with E-state index in [1.165, 1.54) is 0 Å². The molecule has 0 unspecified atom stereocenters. The van der Waals surface area contributed by atoms with E-state index in [0.29, 0.717) is 18.8 Å². The van der Waals surface area contributed by atoms with Crippen LogP contribution in [0.25, 0.3) is 0 Å². The Morgan fingerprint density at radius 1 is 0.900 bits per heavy atom. The zero-order chi connectivity index (χ0) is 14.2. The van der Waals surface area contributed by atoms with Crippen molar-refractivity contribution in [3.63, 3.8) is 0 Å². The summed E-state index contributed by atoms with van der Waals surface area (Å²) >= 11 is 5.41. The number of carbonyl (C=O) groups excluding carboxylic acids is 1. The van der Waals surface area contributed by atoms with Crippen LogP contribution >= 0.6 is 11.6 Å². The molecule has 0 N–H and O–H groups in total. The number of rotatable bonds is 7. The van der Waals surface area contributed by atoms with Crippen molar-refractivity contribution in [1.82, 2.24) is 0 Å². The molecule has 0 bridgehead atoms. The molecule has 0 spiro atoms. The quantitative estimate of drug-likeness (QED) is 0.722. The molecule has 0 atom stereocenters. The molecule has 2 aromatic rings. The third-order valence-electron chi connectivity index (χ3n) is 2.60. The molecule has 0 saturated heterocycles. The van der Waals surface area contributed by atoms with Crippen LogP contribution in [0.3, 0.4) is 0 Å². The fourth-order valence-electron chi connectivity index (χ4n) is 1.58. The molecule has 0 aliphatic heterocycles. The Morgan fingerprint density at radius 3 is 2.15 bits per heavy atom. The first-order valence-electron chi connectivity index (χ1n) is 6.31. The second-order valence-corrected chi connectivity index (χ2v) is 4.42. The van der Waals surface area contributed by atoms with Crippen molar-refractivity contribution < 1.29 is 14.3 Å². The number of benzene rings is 2. The van der Waals surface area contributed by atoms with E-state index in [-0.39, 0.29) is 11.7 Å². The summed E-state index contributed by atoms with van der Waals surface area (Å²) in [6.45, 7) is 0.338. The highest BCUT2D eigenvalue weighted by atomic mass is 35.5. The molecule has 0 aromatic heterocycles. The zero-order valence-corrected chi connectivity index (χ0v) is 11.7. The van der Waals surface area contributed by atoms with Gasteiger partial charge in [0.1, 0.15) is 17.2 Å². The van der Waals surface area contributed by atoms with Crippen molar-refractivity contribution in [2.75, 3.05) is 12.5 Å². The van der Waals surface area contributed by atoms with Gasteiger partial charge in [0.05, 0.1) is 12.5 Å². The molecule has 0 aliphatic carbocycles. The van der Waals surface area contributed by atoms with E-state index < -0.39 is 0 Å².